The van der Waals surface area contributed by atoms with E-state index in [-0.39, 0.29) is 11.9 Å². The Morgan fingerprint density at radius 2 is 1.81 bits per heavy atom. The van der Waals surface area contributed by atoms with Gasteiger partial charge >= 0.3 is 0 Å². The third-order valence-electron chi connectivity index (χ3n) is 2.41. The molecule has 0 saturated heterocycles. The van der Waals surface area contributed by atoms with Crippen LogP contribution in [0, 0.1) is 0 Å². The first-order chi connectivity index (χ1) is 7.35. The van der Waals surface area contributed by atoms with E-state index in [0.29, 0.717) is 11.9 Å². The maximum absolute atomic E-state index is 11.8. The van der Waals surface area contributed by atoms with Gasteiger partial charge in [-0.25, -0.2) is 8.42 Å². The standard InChI is InChI=1S/C10H20BrNO3S/c1-4-9(5-2)12(7-6-11)10(13)8-16(3,14)15/h9H,4-8H2,1-3H3. The quantitative estimate of drug-likeness (QED) is 0.668. The monoisotopic (exact) mass is 313 g/mol. The largest absolute Gasteiger partial charge is 0.338 e. The van der Waals surface area contributed by atoms with E-state index in [2.05, 4.69) is 15.9 Å². The average molecular weight is 314 g/mol. The summed E-state index contributed by atoms with van der Waals surface area (Å²) < 4.78 is 22.2. The van der Waals surface area contributed by atoms with Gasteiger partial charge in [0.15, 0.2) is 9.84 Å². The van der Waals surface area contributed by atoms with Crippen LogP contribution in [0.25, 0.3) is 0 Å². The zero-order valence-electron chi connectivity index (χ0n) is 10.1. The second-order valence-electron chi connectivity index (χ2n) is 3.82. The molecular formula is C10H20BrNO3S. The Bertz CT molecular complexity index is 312. The molecule has 16 heavy (non-hydrogen) atoms. The van der Waals surface area contributed by atoms with Gasteiger partial charge in [0, 0.05) is 24.2 Å². The van der Waals surface area contributed by atoms with E-state index in [1.807, 2.05) is 13.8 Å². The number of halogens is 1. The van der Waals surface area contributed by atoms with Crippen molar-refractivity contribution in [3.63, 3.8) is 0 Å². The number of hydrogen-bond acceptors (Lipinski definition) is 3. The van der Waals surface area contributed by atoms with Crippen LogP contribution in [0.15, 0.2) is 0 Å². The highest BCUT2D eigenvalue weighted by Crippen LogP contribution is 2.10. The summed E-state index contributed by atoms with van der Waals surface area (Å²) in [6, 6.07) is 0.131. The number of carbonyl (C=O) groups excluding carboxylic acids is 1. The summed E-state index contributed by atoms with van der Waals surface area (Å²) in [5.74, 6) is -0.688. The average Bonchev–Trinajstić information content (AvgIpc) is 2.15. The number of alkyl halides is 1. The molecule has 0 aromatic rings. The zero-order valence-corrected chi connectivity index (χ0v) is 12.5. The van der Waals surface area contributed by atoms with Crippen molar-refractivity contribution < 1.29 is 13.2 Å². The Hall–Kier alpha value is -0.100. The van der Waals surface area contributed by atoms with E-state index in [4.69, 9.17) is 0 Å². The Labute approximate surface area is 106 Å². The van der Waals surface area contributed by atoms with Crippen molar-refractivity contribution in [2.75, 3.05) is 23.9 Å². The van der Waals surface area contributed by atoms with Crippen molar-refractivity contribution in [1.82, 2.24) is 4.90 Å². The van der Waals surface area contributed by atoms with E-state index >= 15 is 0 Å². The summed E-state index contributed by atoms with van der Waals surface area (Å²) >= 11 is 3.28. The first-order valence-corrected chi connectivity index (χ1v) is 8.57. The van der Waals surface area contributed by atoms with Gasteiger partial charge in [-0.3, -0.25) is 4.79 Å². The molecule has 96 valence electrons. The molecule has 0 bridgehead atoms. The van der Waals surface area contributed by atoms with Crippen LogP contribution >= 0.6 is 15.9 Å². The number of carbonyl (C=O) groups is 1. The normalized spacial score (nSPS) is 11.8. The molecule has 0 unspecified atom stereocenters. The van der Waals surface area contributed by atoms with Crippen LogP contribution < -0.4 is 0 Å². The fourth-order valence-corrected chi connectivity index (χ4v) is 2.64. The number of hydrogen-bond donors (Lipinski definition) is 0. The number of sulfone groups is 1. The molecule has 0 radical (unpaired) electrons. The molecule has 0 heterocycles. The summed E-state index contributed by atoms with van der Waals surface area (Å²) in [5.41, 5.74) is 0. The van der Waals surface area contributed by atoms with Crippen molar-refractivity contribution in [3.8, 4) is 0 Å². The molecule has 0 fully saturated rings. The van der Waals surface area contributed by atoms with Crippen molar-refractivity contribution in [2.24, 2.45) is 0 Å². The lowest BCUT2D eigenvalue weighted by Gasteiger charge is -2.29. The summed E-state index contributed by atoms with van der Waals surface area (Å²) in [6.07, 6.45) is 2.78. The summed E-state index contributed by atoms with van der Waals surface area (Å²) in [4.78, 5) is 13.5. The van der Waals surface area contributed by atoms with E-state index < -0.39 is 15.6 Å². The second-order valence-corrected chi connectivity index (χ2v) is 6.75. The molecule has 0 aromatic carbocycles. The first-order valence-electron chi connectivity index (χ1n) is 5.38. The summed E-state index contributed by atoms with van der Waals surface area (Å²) in [5, 5.41) is 0.666. The molecule has 0 aromatic heterocycles. The maximum atomic E-state index is 11.8. The highest BCUT2D eigenvalue weighted by Gasteiger charge is 2.23. The van der Waals surface area contributed by atoms with E-state index in [1.54, 1.807) is 4.90 Å². The highest BCUT2D eigenvalue weighted by molar-refractivity contribution is 9.09. The Kier molecular flexibility index (Phi) is 7.22. The Morgan fingerprint density at radius 3 is 2.12 bits per heavy atom. The molecule has 0 N–H and O–H groups in total. The van der Waals surface area contributed by atoms with E-state index in [1.165, 1.54) is 0 Å². The molecule has 6 heteroatoms. The predicted molar refractivity (Wildman–Crippen MR) is 69.6 cm³/mol. The van der Waals surface area contributed by atoms with Gasteiger partial charge in [-0.1, -0.05) is 29.8 Å². The lowest BCUT2D eigenvalue weighted by atomic mass is 10.1. The summed E-state index contributed by atoms with van der Waals surface area (Å²) in [6.45, 7) is 4.56. The first kappa shape index (κ1) is 15.9. The van der Waals surface area contributed by atoms with Crippen molar-refractivity contribution >= 4 is 31.7 Å². The highest BCUT2D eigenvalue weighted by atomic mass is 79.9. The molecule has 0 aliphatic carbocycles. The van der Waals surface area contributed by atoms with Gasteiger partial charge in [0.25, 0.3) is 0 Å². The lowest BCUT2D eigenvalue weighted by molar-refractivity contribution is -0.130. The molecule has 0 rings (SSSR count). The van der Waals surface area contributed by atoms with E-state index in [0.717, 1.165) is 19.1 Å². The Morgan fingerprint density at radius 1 is 1.31 bits per heavy atom. The third-order valence-corrected chi connectivity index (χ3v) is 3.54. The van der Waals surface area contributed by atoms with Crippen LogP contribution in [-0.4, -0.2) is 49.2 Å². The molecule has 4 nitrogen and oxygen atoms in total. The minimum absolute atomic E-state index is 0.131. The fraction of sp³-hybridized carbons (Fsp3) is 0.900. The zero-order chi connectivity index (χ0) is 12.8. The fourth-order valence-electron chi connectivity index (χ4n) is 1.64. The maximum Gasteiger partial charge on any atom is 0.238 e. The van der Waals surface area contributed by atoms with Crippen molar-refractivity contribution in [1.29, 1.82) is 0 Å². The molecule has 0 aliphatic heterocycles. The molecule has 0 aliphatic rings. The topological polar surface area (TPSA) is 54.5 Å². The van der Waals surface area contributed by atoms with Crippen molar-refractivity contribution in [3.05, 3.63) is 0 Å². The number of nitrogens with zero attached hydrogens (tertiary/aromatic N) is 1. The summed E-state index contributed by atoms with van der Waals surface area (Å²) in [7, 11) is -3.24. The number of amides is 1. The van der Waals surface area contributed by atoms with Gasteiger partial charge in [0.1, 0.15) is 5.75 Å². The van der Waals surface area contributed by atoms with Gasteiger partial charge in [0.05, 0.1) is 0 Å². The lowest BCUT2D eigenvalue weighted by Crippen LogP contribution is -2.43. The van der Waals surface area contributed by atoms with Gasteiger partial charge in [-0.2, -0.15) is 0 Å². The SMILES string of the molecule is CCC(CC)N(CCBr)C(=O)CS(C)(=O)=O. The van der Waals surface area contributed by atoms with Gasteiger partial charge in [-0.05, 0) is 12.8 Å². The van der Waals surface area contributed by atoms with Crippen LogP contribution in [-0.2, 0) is 14.6 Å². The van der Waals surface area contributed by atoms with Gasteiger partial charge in [0.2, 0.25) is 5.91 Å². The van der Waals surface area contributed by atoms with Gasteiger partial charge < -0.3 is 4.90 Å². The number of rotatable bonds is 7. The van der Waals surface area contributed by atoms with E-state index in [9.17, 15) is 13.2 Å². The van der Waals surface area contributed by atoms with Crippen LogP contribution in [0.1, 0.15) is 26.7 Å². The van der Waals surface area contributed by atoms with Crippen LogP contribution in [0.2, 0.25) is 0 Å². The minimum atomic E-state index is -3.24. The minimum Gasteiger partial charge on any atom is -0.338 e. The van der Waals surface area contributed by atoms with Gasteiger partial charge in [-0.15, -0.1) is 0 Å². The molecule has 0 atom stereocenters. The Balaban J connectivity index is 4.70. The molecule has 1 amide bonds. The predicted octanol–water partition coefficient (Wildman–Crippen LogP) is 1.44. The van der Waals surface area contributed by atoms with Crippen molar-refractivity contribution in [2.45, 2.75) is 32.7 Å². The van der Waals surface area contributed by atoms with Crippen LogP contribution in [0.4, 0.5) is 0 Å². The van der Waals surface area contributed by atoms with Crippen LogP contribution in [0.3, 0.4) is 0 Å². The second kappa shape index (κ2) is 7.27. The molecule has 0 spiro atoms. The molecular weight excluding hydrogens is 294 g/mol. The van der Waals surface area contributed by atoms with Crippen LogP contribution in [0.5, 0.6) is 0 Å². The third kappa shape index (κ3) is 5.84. The smallest absolute Gasteiger partial charge is 0.238 e. The molecule has 0 saturated carbocycles.